The summed E-state index contributed by atoms with van der Waals surface area (Å²) in [5.41, 5.74) is -0.555. The Hall–Kier alpha value is -2.12. The number of hydrogen-bond donors (Lipinski definition) is 3. The number of fused-ring (bicyclic) bond motifs is 1. The molecule has 0 unspecified atom stereocenters. The Morgan fingerprint density at radius 2 is 1.96 bits per heavy atom. The van der Waals surface area contributed by atoms with E-state index in [0.717, 1.165) is 0 Å². The first-order chi connectivity index (χ1) is 11.9. The minimum absolute atomic E-state index is 0.0920. The fourth-order valence-electron chi connectivity index (χ4n) is 2.83. The molecule has 1 heterocycles. The van der Waals surface area contributed by atoms with Crippen LogP contribution in [0.25, 0.3) is 0 Å². The molecule has 1 aromatic rings. The molecule has 1 aliphatic rings. The Kier molecular flexibility index (Phi) is 5.63. The molecule has 2 atom stereocenters. The molecule has 7 nitrogen and oxygen atoms in total. The number of Topliss-reactive ketones (excluding diaryl/α,β-unsaturated/α-hetero) is 1. The molecule has 7 heteroatoms. The quantitative estimate of drug-likeness (QED) is 0.709. The van der Waals surface area contributed by atoms with Gasteiger partial charge in [-0.15, -0.1) is 0 Å². The molecule has 144 valence electrons. The molecule has 0 fully saturated rings. The first-order valence-corrected chi connectivity index (χ1v) is 8.63. The summed E-state index contributed by atoms with van der Waals surface area (Å²) in [6.07, 6.45) is -1.66. The molecule has 1 aromatic carbocycles. The van der Waals surface area contributed by atoms with E-state index in [1.807, 2.05) is 0 Å². The lowest BCUT2D eigenvalue weighted by Gasteiger charge is -2.42. The molecule has 0 aliphatic carbocycles. The van der Waals surface area contributed by atoms with Gasteiger partial charge in [-0.2, -0.15) is 0 Å². The predicted molar refractivity (Wildman–Crippen MR) is 97.5 cm³/mol. The lowest BCUT2D eigenvalue weighted by molar-refractivity contribution is -0.0653. The van der Waals surface area contributed by atoms with Gasteiger partial charge in [0.15, 0.2) is 5.78 Å². The van der Waals surface area contributed by atoms with Crippen molar-refractivity contribution in [2.45, 2.75) is 58.0 Å². The molecule has 1 amide bonds. The van der Waals surface area contributed by atoms with Crippen molar-refractivity contribution in [1.29, 1.82) is 0 Å². The fourth-order valence-corrected chi connectivity index (χ4v) is 2.83. The number of ketones is 1. The second-order valence-electron chi connectivity index (χ2n) is 7.98. The first kappa shape index (κ1) is 20.2. The number of aliphatic hydroxyl groups excluding tert-OH is 1. The molecule has 0 saturated carbocycles. The van der Waals surface area contributed by atoms with Crippen LogP contribution in [0.4, 0.5) is 4.79 Å². The molecule has 0 bridgehead atoms. The zero-order valence-corrected chi connectivity index (χ0v) is 16.2. The van der Waals surface area contributed by atoms with Gasteiger partial charge in [0, 0.05) is 11.1 Å². The maximum Gasteiger partial charge on any atom is 0.408 e. The molecule has 0 aromatic heterocycles. The Balaban J connectivity index is 2.38. The van der Waals surface area contributed by atoms with Crippen LogP contribution in [-0.4, -0.2) is 47.9 Å². The largest absolute Gasteiger partial charge is 0.485 e. The van der Waals surface area contributed by atoms with Crippen molar-refractivity contribution in [1.82, 2.24) is 10.6 Å². The van der Waals surface area contributed by atoms with E-state index in [9.17, 15) is 14.7 Å². The van der Waals surface area contributed by atoms with Crippen molar-refractivity contribution in [3.8, 4) is 5.75 Å². The SMILES string of the molecule is CNCC(=O)c1ccc2c(c1)[C@@H](NC(=O)OC(C)(C)C)[C@H](O)C(C)(C)O2. The van der Waals surface area contributed by atoms with E-state index in [1.54, 1.807) is 59.9 Å². The molecule has 0 saturated heterocycles. The number of carbonyl (C=O) groups is 2. The Labute approximate surface area is 154 Å². The predicted octanol–water partition coefficient (Wildman–Crippen LogP) is 2.19. The third-order valence-electron chi connectivity index (χ3n) is 4.08. The minimum Gasteiger partial charge on any atom is -0.485 e. The average molecular weight is 364 g/mol. The van der Waals surface area contributed by atoms with Gasteiger partial charge in [-0.25, -0.2) is 4.79 Å². The van der Waals surface area contributed by atoms with Crippen molar-refractivity contribution in [2.24, 2.45) is 0 Å². The highest BCUT2D eigenvalue weighted by Gasteiger charge is 2.44. The standard InChI is InChI=1S/C19H28N2O5/c1-18(2,3)26-17(24)21-15-12-9-11(13(22)10-20-6)7-8-14(12)25-19(4,5)16(15)23/h7-9,15-16,20,23H,10H2,1-6H3,(H,21,24)/t15-,16+/m1/s1. The van der Waals surface area contributed by atoms with Crippen molar-refractivity contribution in [2.75, 3.05) is 13.6 Å². The molecular formula is C19H28N2O5. The van der Waals surface area contributed by atoms with Gasteiger partial charge < -0.3 is 25.2 Å². The Bertz CT molecular complexity index is 694. The second kappa shape index (κ2) is 7.25. The third-order valence-corrected chi connectivity index (χ3v) is 4.08. The number of likely N-dealkylation sites (N-methyl/N-ethyl adjacent to an activating group) is 1. The maximum atomic E-state index is 12.3. The second-order valence-corrected chi connectivity index (χ2v) is 7.98. The van der Waals surface area contributed by atoms with Gasteiger partial charge >= 0.3 is 6.09 Å². The summed E-state index contributed by atoms with van der Waals surface area (Å²) in [5.74, 6) is 0.424. The lowest BCUT2D eigenvalue weighted by Crippen LogP contribution is -2.54. The van der Waals surface area contributed by atoms with Crippen LogP contribution in [0.3, 0.4) is 0 Å². The van der Waals surface area contributed by atoms with Crippen molar-refractivity contribution in [3.05, 3.63) is 29.3 Å². The molecule has 2 rings (SSSR count). The summed E-state index contributed by atoms with van der Waals surface area (Å²) in [4.78, 5) is 24.4. The number of alkyl carbamates (subject to hydrolysis) is 1. The van der Waals surface area contributed by atoms with Crippen LogP contribution in [0.15, 0.2) is 18.2 Å². The summed E-state index contributed by atoms with van der Waals surface area (Å²) in [6, 6.07) is 4.26. The zero-order chi connectivity index (χ0) is 19.7. The average Bonchev–Trinajstić information content (AvgIpc) is 2.49. The van der Waals surface area contributed by atoms with Crippen LogP contribution in [0.1, 0.15) is 56.6 Å². The molecule has 0 radical (unpaired) electrons. The van der Waals surface area contributed by atoms with E-state index >= 15 is 0 Å². The van der Waals surface area contributed by atoms with Gasteiger partial charge in [-0.05, 0) is 59.9 Å². The molecule has 0 spiro atoms. The number of carbonyl (C=O) groups excluding carboxylic acids is 2. The number of amides is 1. The highest BCUT2D eigenvalue weighted by atomic mass is 16.6. The Morgan fingerprint density at radius 3 is 2.54 bits per heavy atom. The number of ether oxygens (including phenoxy) is 2. The Morgan fingerprint density at radius 1 is 1.31 bits per heavy atom. The summed E-state index contributed by atoms with van der Waals surface area (Å²) in [7, 11) is 1.69. The van der Waals surface area contributed by atoms with Gasteiger partial charge in [0.1, 0.15) is 23.1 Å². The minimum atomic E-state index is -1.02. The van der Waals surface area contributed by atoms with Gasteiger partial charge in [0.2, 0.25) is 0 Å². The van der Waals surface area contributed by atoms with E-state index in [-0.39, 0.29) is 12.3 Å². The summed E-state index contributed by atoms with van der Waals surface area (Å²) >= 11 is 0. The molecule has 3 N–H and O–H groups in total. The maximum absolute atomic E-state index is 12.3. The highest BCUT2D eigenvalue weighted by molar-refractivity contribution is 5.98. The van der Waals surface area contributed by atoms with Crippen molar-refractivity contribution >= 4 is 11.9 Å². The lowest BCUT2D eigenvalue weighted by atomic mass is 9.85. The van der Waals surface area contributed by atoms with Crippen LogP contribution in [-0.2, 0) is 4.74 Å². The smallest absolute Gasteiger partial charge is 0.408 e. The molecule has 26 heavy (non-hydrogen) atoms. The monoisotopic (exact) mass is 364 g/mol. The van der Waals surface area contributed by atoms with E-state index in [0.29, 0.717) is 16.9 Å². The molecule has 1 aliphatic heterocycles. The normalized spacial score (nSPS) is 21.3. The number of rotatable bonds is 4. The van der Waals surface area contributed by atoms with Crippen LogP contribution >= 0.6 is 0 Å². The van der Waals surface area contributed by atoms with Gasteiger partial charge in [-0.3, -0.25) is 4.79 Å². The van der Waals surface area contributed by atoms with Crippen molar-refractivity contribution in [3.63, 3.8) is 0 Å². The number of nitrogens with one attached hydrogen (secondary N) is 2. The topological polar surface area (TPSA) is 96.9 Å². The van der Waals surface area contributed by atoms with Gasteiger partial charge in [-0.1, -0.05) is 0 Å². The number of hydrogen-bond acceptors (Lipinski definition) is 6. The number of benzene rings is 1. The number of aliphatic hydroxyl groups is 1. The van der Waals surface area contributed by atoms with E-state index in [1.165, 1.54) is 0 Å². The summed E-state index contributed by atoms with van der Waals surface area (Å²) in [6.45, 7) is 8.96. The van der Waals surface area contributed by atoms with E-state index in [4.69, 9.17) is 9.47 Å². The third kappa shape index (κ3) is 4.53. The van der Waals surface area contributed by atoms with Crippen LogP contribution < -0.4 is 15.4 Å². The van der Waals surface area contributed by atoms with Gasteiger partial charge in [0.05, 0.1) is 12.6 Å². The van der Waals surface area contributed by atoms with E-state index < -0.39 is 29.4 Å². The summed E-state index contributed by atoms with van der Waals surface area (Å²) < 4.78 is 11.2. The van der Waals surface area contributed by atoms with E-state index in [2.05, 4.69) is 10.6 Å². The fraction of sp³-hybridized carbons (Fsp3) is 0.579. The molecular weight excluding hydrogens is 336 g/mol. The van der Waals surface area contributed by atoms with Crippen LogP contribution in [0.2, 0.25) is 0 Å². The van der Waals surface area contributed by atoms with Gasteiger partial charge in [0.25, 0.3) is 0 Å². The van der Waals surface area contributed by atoms with Crippen LogP contribution in [0.5, 0.6) is 5.75 Å². The summed E-state index contributed by atoms with van der Waals surface area (Å²) in [5, 5.41) is 16.3. The first-order valence-electron chi connectivity index (χ1n) is 8.63. The van der Waals surface area contributed by atoms with Crippen LogP contribution in [0, 0.1) is 0 Å². The van der Waals surface area contributed by atoms with Crippen molar-refractivity contribution < 1.29 is 24.2 Å². The zero-order valence-electron chi connectivity index (χ0n) is 16.2. The highest BCUT2D eigenvalue weighted by Crippen LogP contribution is 2.40.